The van der Waals surface area contributed by atoms with Gasteiger partial charge in [0.2, 0.25) is 5.91 Å². The summed E-state index contributed by atoms with van der Waals surface area (Å²) in [5.74, 6) is 0.846. The van der Waals surface area contributed by atoms with Crippen LogP contribution in [0.25, 0.3) is 0 Å². The molecule has 0 radical (unpaired) electrons. The average Bonchev–Trinajstić information content (AvgIpc) is 2.43. The molecule has 2 fully saturated rings. The van der Waals surface area contributed by atoms with E-state index in [1.807, 2.05) is 0 Å². The van der Waals surface area contributed by atoms with Crippen molar-refractivity contribution < 1.29 is 4.79 Å². The molecular formula is C21H33ClN2O. The van der Waals surface area contributed by atoms with Crippen molar-refractivity contribution in [2.45, 2.75) is 57.8 Å². The number of hydrogen-bond donors (Lipinski definition) is 2. The Labute approximate surface area is 158 Å². The smallest absolute Gasteiger partial charge is 0.223 e. The molecule has 1 heterocycles. The number of carbonyl (C=O) groups excluding carboxylic acids is 1. The van der Waals surface area contributed by atoms with Crippen LogP contribution in [-0.2, 0) is 15.6 Å². The van der Waals surface area contributed by atoms with Crippen LogP contribution < -0.4 is 10.6 Å². The molecule has 1 atom stereocenters. The SMILES string of the molecule is CC(C(=O)NCC1(c2ccc(C(C)(C)C)cc2)CCC1)C1CNC1.Cl. The molecule has 1 aliphatic heterocycles. The van der Waals surface area contributed by atoms with Crippen LogP contribution in [0.5, 0.6) is 0 Å². The minimum atomic E-state index is 0. The maximum absolute atomic E-state index is 12.4. The number of carbonyl (C=O) groups is 1. The van der Waals surface area contributed by atoms with Crippen LogP contribution in [0.15, 0.2) is 24.3 Å². The summed E-state index contributed by atoms with van der Waals surface area (Å²) in [6, 6.07) is 9.09. The molecule has 0 spiro atoms. The Hall–Kier alpha value is -1.06. The molecule has 0 aromatic heterocycles. The van der Waals surface area contributed by atoms with Gasteiger partial charge >= 0.3 is 0 Å². The zero-order valence-corrected chi connectivity index (χ0v) is 16.8. The van der Waals surface area contributed by atoms with E-state index in [0.717, 1.165) is 19.6 Å². The van der Waals surface area contributed by atoms with Crippen molar-refractivity contribution in [1.29, 1.82) is 0 Å². The first-order valence-corrected chi connectivity index (χ1v) is 9.41. The van der Waals surface area contributed by atoms with Gasteiger partial charge in [0.05, 0.1) is 0 Å². The van der Waals surface area contributed by atoms with Gasteiger partial charge in [-0.05, 0) is 48.4 Å². The number of halogens is 1. The first-order chi connectivity index (χ1) is 11.3. The van der Waals surface area contributed by atoms with Crippen molar-refractivity contribution in [2.24, 2.45) is 11.8 Å². The van der Waals surface area contributed by atoms with Crippen LogP contribution >= 0.6 is 12.4 Å². The van der Waals surface area contributed by atoms with E-state index in [0.29, 0.717) is 5.92 Å². The molecule has 3 nitrogen and oxygen atoms in total. The van der Waals surface area contributed by atoms with Crippen LogP contribution in [0.3, 0.4) is 0 Å². The predicted molar refractivity (Wildman–Crippen MR) is 106 cm³/mol. The van der Waals surface area contributed by atoms with Gasteiger partial charge in [0.25, 0.3) is 0 Å². The van der Waals surface area contributed by atoms with Crippen molar-refractivity contribution in [2.75, 3.05) is 19.6 Å². The lowest BCUT2D eigenvalue weighted by molar-refractivity contribution is -0.127. The number of hydrogen-bond acceptors (Lipinski definition) is 2. The van der Waals surface area contributed by atoms with Gasteiger partial charge in [-0.15, -0.1) is 12.4 Å². The first kappa shape index (κ1) is 20.3. The molecule has 1 aliphatic carbocycles. The largest absolute Gasteiger partial charge is 0.355 e. The minimum Gasteiger partial charge on any atom is -0.355 e. The molecule has 25 heavy (non-hydrogen) atoms. The normalized spacial score (nSPS) is 20.6. The maximum Gasteiger partial charge on any atom is 0.223 e. The van der Waals surface area contributed by atoms with E-state index in [1.54, 1.807) is 0 Å². The zero-order chi connectivity index (χ0) is 17.4. The minimum absolute atomic E-state index is 0. The molecule has 0 bridgehead atoms. The average molecular weight is 365 g/mol. The van der Waals surface area contributed by atoms with E-state index in [9.17, 15) is 4.79 Å². The second-order valence-electron chi connectivity index (χ2n) is 8.89. The third-order valence-electron chi connectivity index (χ3n) is 6.21. The molecule has 1 saturated carbocycles. The highest BCUT2D eigenvalue weighted by Gasteiger charge is 2.39. The number of rotatable bonds is 5. The van der Waals surface area contributed by atoms with Gasteiger partial charge < -0.3 is 10.6 Å². The monoisotopic (exact) mass is 364 g/mol. The topological polar surface area (TPSA) is 41.1 Å². The fourth-order valence-electron chi connectivity index (χ4n) is 3.79. The van der Waals surface area contributed by atoms with Crippen LogP contribution in [0.1, 0.15) is 58.1 Å². The second-order valence-corrected chi connectivity index (χ2v) is 8.89. The molecule has 1 amide bonds. The third-order valence-corrected chi connectivity index (χ3v) is 6.21. The van der Waals surface area contributed by atoms with E-state index in [4.69, 9.17) is 0 Å². The highest BCUT2D eigenvalue weighted by Crippen LogP contribution is 2.43. The standard InChI is InChI=1S/C21H32N2O.ClH/c1-15(16-12-22-13-16)19(24)23-14-21(10-5-11-21)18-8-6-17(7-9-18)20(2,3)4;/h6-9,15-16,22H,5,10-14H2,1-4H3,(H,23,24);1H. The fourth-order valence-corrected chi connectivity index (χ4v) is 3.79. The maximum atomic E-state index is 12.4. The van der Waals surface area contributed by atoms with Crippen LogP contribution in [0.4, 0.5) is 0 Å². The van der Waals surface area contributed by atoms with Gasteiger partial charge in [-0.25, -0.2) is 0 Å². The van der Waals surface area contributed by atoms with Crippen LogP contribution in [0, 0.1) is 11.8 Å². The summed E-state index contributed by atoms with van der Waals surface area (Å²) in [5, 5.41) is 6.51. The van der Waals surface area contributed by atoms with Crippen molar-refractivity contribution in [3.8, 4) is 0 Å². The highest BCUT2D eigenvalue weighted by atomic mass is 35.5. The number of amides is 1. The summed E-state index contributed by atoms with van der Waals surface area (Å²) < 4.78 is 0. The van der Waals surface area contributed by atoms with E-state index >= 15 is 0 Å². The van der Waals surface area contributed by atoms with Crippen LogP contribution in [0.2, 0.25) is 0 Å². The molecule has 2 aliphatic rings. The quantitative estimate of drug-likeness (QED) is 0.834. The molecule has 2 N–H and O–H groups in total. The second kappa shape index (κ2) is 7.67. The summed E-state index contributed by atoms with van der Waals surface area (Å²) in [5.41, 5.74) is 3.10. The third kappa shape index (κ3) is 4.20. The zero-order valence-electron chi connectivity index (χ0n) is 16.0. The Bertz CT molecular complexity index is 583. The van der Waals surface area contributed by atoms with Gasteiger partial charge in [0.15, 0.2) is 0 Å². The fraction of sp³-hybridized carbons (Fsp3) is 0.667. The molecule has 1 aromatic carbocycles. The van der Waals surface area contributed by atoms with Crippen molar-refractivity contribution in [3.63, 3.8) is 0 Å². The lowest BCUT2D eigenvalue weighted by atomic mass is 9.64. The number of nitrogens with one attached hydrogen (secondary N) is 2. The van der Waals surface area contributed by atoms with Gasteiger partial charge in [-0.1, -0.05) is 58.4 Å². The Balaban J connectivity index is 0.00000225. The van der Waals surface area contributed by atoms with Crippen LogP contribution in [-0.4, -0.2) is 25.5 Å². The number of benzene rings is 1. The lowest BCUT2D eigenvalue weighted by Gasteiger charge is -2.43. The summed E-state index contributed by atoms with van der Waals surface area (Å²) in [4.78, 5) is 12.4. The van der Waals surface area contributed by atoms with E-state index < -0.39 is 0 Å². The van der Waals surface area contributed by atoms with E-state index in [2.05, 4.69) is 62.6 Å². The molecule has 140 valence electrons. The van der Waals surface area contributed by atoms with Crippen molar-refractivity contribution in [3.05, 3.63) is 35.4 Å². The summed E-state index contributed by atoms with van der Waals surface area (Å²) in [6.07, 6.45) is 3.63. The van der Waals surface area contributed by atoms with Gasteiger partial charge in [0, 0.05) is 17.9 Å². The molecule has 1 saturated heterocycles. The lowest BCUT2D eigenvalue weighted by Crippen LogP contribution is -2.52. The van der Waals surface area contributed by atoms with Crippen molar-refractivity contribution >= 4 is 18.3 Å². The Morgan fingerprint density at radius 2 is 1.84 bits per heavy atom. The highest BCUT2D eigenvalue weighted by molar-refractivity contribution is 5.85. The summed E-state index contributed by atoms with van der Waals surface area (Å²) in [7, 11) is 0. The molecule has 3 rings (SSSR count). The summed E-state index contributed by atoms with van der Waals surface area (Å²) >= 11 is 0. The Kier molecular flexibility index (Phi) is 6.22. The van der Waals surface area contributed by atoms with E-state index in [1.165, 1.54) is 30.4 Å². The van der Waals surface area contributed by atoms with Gasteiger partial charge in [-0.2, -0.15) is 0 Å². The van der Waals surface area contributed by atoms with E-state index in [-0.39, 0.29) is 35.1 Å². The molecular weight excluding hydrogens is 332 g/mol. The van der Waals surface area contributed by atoms with Crippen molar-refractivity contribution in [1.82, 2.24) is 10.6 Å². The molecule has 4 heteroatoms. The van der Waals surface area contributed by atoms with Gasteiger partial charge in [-0.3, -0.25) is 4.79 Å². The molecule has 1 unspecified atom stereocenters. The Morgan fingerprint density at radius 1 is 1.24 bits per heavy atom. The molecule has 1 aromatic rings. The van der Waals surface area contributed by atoms with Gasteiger partial charge in [0.1, 0.15) is 0 Å². The summed E-state index contributed by atoms with van der Waals surface area (Å²) in [6.45, 7) is 11.5. The predicted octanol–water partition coefficient (Wildman–Crippen LogP) is 3.80. The Morgan fingerprint density at radius 3 is 2.24 bits per heavy atom. The first-order valence-electron chi connectivity index (χ1n) is 9.41.